The Hall–Kier alpha value is -2.66. The number of hydrogen-bond donors (Lipinski definition) is 1. The highest BCUT2D eigenvalue weighted by Crippen LogP contribution is 2.21. The average molecular weight is 408 g/mol. The topological polar surface area (TPSA) is 110 Å². The summed E-state index contributed by atoms with van der Waals surface area (Å²) in [6.07, 6.45) is 1.43. The summed E-state index contributed by atoms with van der Waals surface area (Å²) in [6.45, 7) is 2.92. The number of piperazine rings is 1. The second-order valence-electron chi connectivity index (χ2n) is 6.48. The molecule has 10 nitrogen and oxygen atoms in total. The van der Waals surface area contributed by atoms with Gasteiger partial charge in [0.15, 0.2) is 0 Å². The first-order valence-electron chi connectivity index (χ1n) is 8.86. The smallest absolute Gasteiger partial charge is 0.318 e. The minimum Gasteiger partial charge on any atom is -0.497 e. The number of urea groups is 1. The number of amides is 2. The molecule has 2 amide bonds. The van der Waals surface area contributed by atoms with E-state index in [1.54, 1.807) is 28.8 Å². The van der Waals surface area contributed by atoms with Crippen molar-refractivity contribution in [2.45, 2.75) is 17.9 Å². The Labute approximate surface area is 164 Å². The maximum absolute atomic E-state index is 12.8. The van der Waals surface area contributed by atoms with Gasteiger partial charge in [-0.2, -0.15) is 9.40 Å². The zero-order valence-electron chi connectivity index (χ0n) is 16.1. The number of ether oxygens (including phenoxy) is 1. The van der Waals surface area contributed by atoms with Crippen molar-refractivity contribution in [3.63, 3.8) is 0 Å². The lowest BCUT2D eigenvalue weighted by Gasteiger charge is -2.34. The fourth-order valence-electron chi connectivity index (χ4n) is 3.07. The third kappa shape index (κ3) is 4.09. The maximum Gasteiger partial charge on any atom is 0.318 e. The van der Waals surface area contributed by atoms with E-state index in [1.807, 2.05) is 6.92 Å². The predicted octanol–water partition coefficient (Wildman–Crippen LogP) is 0.601. The molecule has 1 saturated heterocycles. The Morgan fingerprint density at radius 3 is 2.36 bits per heavy atom. The molecule has 0 aliphatic carbocycles. The van der Waals surface area contributed by atoms with Crippen LogP contribution in [0.15, 0.2) is 35.5 Å². The highest BCUT2D eigenvalue weighted by molar-refractivity contribution is 7.89. The number of hydrogen-bond acceptors (Lipinski definition) is 6. The zero-order chi connectivity index (χ0) is 20.3. The Morgan fingerprint density at radius 2 is 1.82 bits per heavy atom. The number of carbonyl (C=O) groups is 1. The summed E-state index contributed by atoms with van der Waals surface area (Å²) in [5.41, 5.74) is 0. The van der Waals surface area contributed by atoms with Crippen molar-refractivity contribution in [2.75, 3.05) is 33.3 Å². The van der Waals surface area contributed by atoms with Gasteiger partial charge in [-0.3, -0.25) is 4.68 Å². The number of benzene rings is 1. The summed E-state index contributed by atoms with van der Waals surface area (Å²) in [6, 6.07) is 5.72. The van der Waals surface area contributed by atoms with E-state index in [4.69, 9.17) is 4.74 Å². The third-order valence-corrected chi connectivity index (χ3v) is 6.61. The van der Waals surface area contributed by atoms with Crippen LogP contribution in [-0.2, 0) is 17.1 Å². The second-order valence-corrected chi connectivity index (χ2v) is 8.42. The molecule has 1 aromatic heterocycles. The number of rotatable bonds is 5. The van der Waals surface area contributed by atoms with Gasteiger partial charge in [-0.15, -0.1) is 0 Å². The van der Waals surface area contributed by atoms with E-state index in [-0.39, 0.29) is 30.1 Å². The van der Waals surface area contributed by atoms with Crippen molar-refractivity contribution in [1.82, 2.24) is 29.3 Å². The third-order valence-electron chi connectivity index (χ3n) is 4.70. The molecule has 1 N–H and O–H groups in total. The Balaban J connectivity index is 1.58. The van der Waals surface area contributed by atoms with Crippen LogP contribution in [0, 0.1) is 0 Å². The van der Waals surface area contributed by atoms with Gasteiger partial charge in [0.1, 0.15) is 17.9 Å². The predicted molar refractivity (Wildman–Crippen MR) is 101 cm³/mol. The van der Waals surface area contributed by atoms with Gasteiger partial charge in [0.25, 0.3) is 0 Å². The van der Waals surface area contributed by atoms with Crippen LogP contribution in [0.25, 0.3) is 0 Å². The number of nitrogens with zero attached hydrogens (tertiary/aromatic N) is 5. The van der Waals surface area contributed by atoms with Gasteiger partial charge in [0.2, 0.25) is 10.0 Å². The van der Waals surface area contributed by atoms with E-state index in [0.717, 1.165) is 0 Å². The number of methoxy groups -OCH3 is 1. The van der Waals surface area contributed by atoms with Crippen LogP contribution in [-0.4, -0.2) is 71.7 Å². The molecule has 1 atom stereocenters. The molecular weight excluding hydrogens is 384 g/mol. The standard InChI is InChI=1S/C17H24N6O4S/c1-13(16-18-12-19-21(16)2)20-17(24)22-8-10-23(11-9-22)28(25,26)15-6-4-14(27-3)5-7-15/h4-7,12-13H,8-11H2,1-3H3,(H,20,24). The molecule has 2 heterocycles. The summed E-state index contributed by atoms with van der Waals surface area (Å²) in [5.74, 6) is 1.24. The lowest BCUT2D eigenvalue weighted by molar-refractivity contribution is 0.169. The monoisotopic (exact) mass is 408 g/mol. The van der Waals surface area contributed by atoms with E-state index < -0.39 is 10.0 Å². The second kappa shape index (κ2) is 8.15. The van der Waals surface area contributed by atoms with Crippen LogP contribution < -0.4 is 10.1 Å². The summed E-state index contributed by atoms with van der Waals surface area (Å²) in [4.78, 5) is 18.4. The highest BCUT2D eigenvalue weighted by Gasteiger charge is 2.30. The van der Waals surface area contributed by atoms with Gasteiger partial charge in [-0.1, -0.05) is 0 Å². The minimum atomic E-state index is -3.60. The number of carbonyl (C=O) groups excluding carboxylic acids is 1. The van der Waals surface area contributed by atoms with Crippen LogP contribution in [0.5, 0.6) is 5.75 Å². The molecule has 2 aromatic rings. The Morgan fingerprint density at radius 1 is 1.18 bits per heavy atom. The molecule has 0 saturated carbocycles. The lowest BCUT2D eigenvalue weighted by atomic mass is 10.3. The maximum atomic E-state index is 12.8. The quantitative estimate of drug-likeness (QED) is 0.776. The van der Waals surface area contributed by atoms with Gasteiger partial charge in [-0.25, -0.2) is 18.2 Å². The molecule has 1 aliphatic heterocycles. The van der Waals surface area contributed by atoms with Crippen LogP contribution in [0.3, 0.4) is 0 Å². The van der Waals surface area contributed by atoms with Crippen LogP contribution in [0.2, 0.25) is 0 Å². The molecule has 0 bridgehead atoms. The van der Waals surface area contributed by atoms with Crippen LogP contribution >= 0.6 is 0 Å². The van der Waals surface area contributed by atoms with Gasteiger partial charge in [0.05, 0.1) is 18.0 Å². The summed E-state index contributed by atoms with van der Waals surface area (Å²) in [5, 5.41) is 6.87. The Kier molecular flexibility index (Phi) is 5.84. The number of aryl methyl sites for hydroxylation is 1. The molecule has 1 aromatic carbocycles. The van der Waals surface area contributed by atoms with E-state index in [9.17, 15) is 13.2 Å². The van der Waals surface area contributed by atoms with Gasteiger partial charge in [-0.05, 0) is 31.2 Å². The normalized spacial score (nSPS) is 16.6. The first-order valence-corrected chi connectivity index (χ1v) is 10.3. The number of aromatic nitrogens is 3. The minimum absolute atomic E-state index is 0.210. The van der Waals surface area contributed by atoms with Crippen molar-refractivity contribution in [2.24, 2.45) is 7.05 Å². The zero-order valence-corrected chi connectivity index (χ0v) is 16.9. The largest absolute Gasteiger partial charge is 0.497 e. The fourth-order valence-corrected chi connectivity index (χ4v) is 4.49. The molecule has 0 radical (unpaired) electrons. The van der Waals surface area contributed by atoms with Gasteiger partial charge < -0.3 is 15.0 Å². The molecule has 1 fully saturated rings. The van der Waals surface area contributed by atoms with Crippen molar-refractivity contribution in [3.05, 3.63) is 36.4 Å². The molecular formula is C17H24N6O4S. The number of nitrogens with one attached hydrogen (secondary N) is 1. The highest BCUT2D eigenvalue weighted by atomic mass is 32.2. The van der Waals surface area contributed by atoms with Crippen LogP contribution in [0.1, 0.15) is 18.8 Å². The molecule has 0 spiro atoms. The van der Waals surface area contributed by atoms with Crippen molar-refractivity contribution in [3.8, 4) is 5.75 Å². The SMILES string of the molecule is COc1ccc(S(=O)(=O)N2CCN(C(=O)NC(C)c3ncnn3C)CC2)cc1. The van der Waals surface area contributed by atoms with E-state index in [2.05, 4.69) is 15.4 Å². The van der Waals surface area contributed by atoms with Crippen molar-refractivity contribution in [1.29, 1.82) is 0 Å². The summed E-state index contributed by atoms with van der Waals surface area (Å²) < 4.78 is 33.6. The molecule has 28 heavy (non-hydrogen) atoms. The van der Waals surface area contributed by atoms with E-state index in [1.165, 1.54) is 29.9 Å². The molecule has 152 valence electrons. The molecule has 11 heteroatoms. The lowest BCUT2D eigenvalue weighted by Crippen LogP contribution is -2.53. The van der Waals surface area contributed by atoms with Crippen molar-refractivity contribution >= 4 is 16.1 Å². The fraction of sp³-hybridized carbons (Fsp3) is 0.471. The average Bonchev–Trinajstić information content (AvgIpc) is 3.14. The molecule has 3 rings (SSSR count). The molecule has 1 aliphatic rings. The number of sulfonamides is 1. The van der Waals surface area contributed by atoms with E-state index in [0.29, 0.717) is 24.7 Å². The molecule has 1 unspecified atom stereocenters. The summed E-state index contributed by atoms with van der Waals surface area (Å²) >= 11 is 0. The summed E-state index contributed by atoms with van der Waals surface area (Å²) in [7, 11) is -0.318. The van der Waals surface area contributed by atoms with Crippen LogP contribution in [0.4, 0.5) is 4.79 Å². The van der Waals surface area contributed by atoms with Gasteiger partial charge in [0, 0.05) is 33.2 Å². The van der Waals surface area contributed by atoms with Crippen molar-refractivity contribution < 1.29 is 17.9 Å². The van der Waals surface area contributed by atoms with Gasteiger partial charge >= 0.3 is 6.03 Å². The Bertz CT molecular complexity index is 919. The van der Waals surface area contributed by atoms with E-state index >= 15 is 0 Å². The first-order chi connectivity index (χ1) is 13.3. The first kappa shape index (κ1) is 20.1.